The van der Waals surface area contributed by atoms with Gasteiger partial charge in [-0.15, -0.1) is 0 Å². The fourth-order valence-electron chi connectivity index (χ4n) is 8.86. The highest BCUT2D eigenvalue weighted by atomic mass is 32.2. The summed E-state index contributed by atoms with van der Waals surface area (Å²) in [7, 11) is 0.793. The highest BCUT2D eigenvalue weighted by Crippen LogP contribution is 2.43. The molecule has 0 saturated carbocycles. The van der Waals surface area contributed by atoms with Crippen LogP contribution in [-0.4, -0.2) is 140 Å². The van der Waals surface area contributed by atoms with Crippen LogP contribution < -0.4 is 4.72 Å². The molecule has 19 heteroatoms. The van der Waals surface area contributed by atoms with Crippen LogP contribution in [0.25, 0.3) is 0 Å². The maximum atomic E-state index is 14.6. The number of methoxy groups -OCH3 is 1. The predicted octanol–water partition coefficient (Wildman–Crippen LogP) is 3.08. The van der Waals surface area contributed by atoms with E-state index in [0.29, 0.717) is 6.42 Å². The zero-order valence-electron chi connectivity index (χ0n) is 35.2. The third-order valence-electron chi connectivity index (χ3n) is 12.1. The Kier molecular flexibility index (Phi) is 14.9. The number of aliphatic hydroxyl groups is 1. The number of carbonyl (C=O) groups excluding carboxylic acids is 4. The standard InChI is InChI=1S/C39H60N4O14S/c1-12-29-39(8)33(42(37(48)57-39)17-16-40-58(51,52)27-15-13-14-26(19-27)43(49)50)23(4)30(44)21(2)20-38(7,53-11)34(24(5)31(45)25(6)35(47)55-29)56-36-32(46)28(41(9)10)18-22(3)54-36/h13-15,19,21-25,28-29,32-34,36,40,46H,12,16-18,20H2,1-11H3/t21-,22-,23-,24-,25-,28+,29+,32-,33+,34-,36+,38-,39-/m1/s1. The Morgan fingerprint density at radius 3 is 2.31 bits per heavy atom. The number of esters is 1. The minimum absolute atomic E-state index is 0.00171. The summed E-state index contributed by atoms with van der Waals surface area (Å²) in [5.74, 6) is -5.94. The first-order valence-electron chi connectivity index (χ1n) is 19.7. The molecule has 0 aromatic heterocycles. The molecule has 4 rings (SSSR count). The molecule has 0 unspecified atom stereocenters. The number of amides is 1. The maximum absolute atomic E-state index is 14.6. The van der Waals surface area contributed by atoms with Gasteiger partial charge in [-0.2, -0.15) is 0 Å². The molecule has 3 aliphatic heterocycles. The number of fused-ring (bicyclic) bond motifs is 1. The third kappa shape index (κ3) is 9.55. The molecule has 3 saturated heterocycles. The number of ketones is 2. The number of Topliss-reactive ketones (excluding diaryl/α,β-unsaturated/α-hetero) is 2. The van der Waals surface area contributed by atoms with Gasteiger partial charge in [0, 0.05) is 56.1 Å². The van der Waals surface area contributed by atoms with Crippen molar-refractivity contribution >= 4 is 39.3 Å². The van der Waals surface area contributed by atoms with Crippen molar-refractivity contribution in [3.8, 4) is 0 Å². The number of ether oxygens (including phenoxy) is 5. The van der Waals surface area contributed by atoms with Gasteiger partial charge in [0.25, 0.3) is 5.69 Å². The van der Waals surface area contributed by atoms with Crippen LogP contribution in [0.1, 0.15) is 74.7 Å². The lowest BCUT2D eigenvalue weighted by molar-refractivity contribution is -0.385. The molecule has 2 N–H and O–H groups in total. The molecule has 3 fully saturated rings. The van der Waals surface area contributed by atoms with Gasteiger partial charge in [0.05, 0.1) is 33.7 Å². The van der Waals surface area contributed by atoms with E-state index in [2.05, 4.69) is 4.72 Å². The second-order valence-electron chi connectivity index (χ2n) is 16.5. The summed E-state index contributed by atoms with van der Waals surface area (Å²) in [6, 6.07) is 3.05. The molecule has 0 spiro atoms. The zero-order valence-corrected chi connectivity index (χ0v) is 36.0. The Morgan fingerprint density at radius 2 is 1.72 bits per heavy atom. The van der Waals surface area contributed by atoms with E-state index in [1.165, 1.54) is 31.1 Å². The lowest BCUT2D eigenvalue weighted by Gasteiger charge is -2.47. The van der Waals surface area contributed by atoms with E-state index in [-0.39, 0.29) is 48.8 Å². The molecule has 58 heavy (non-hydrogen) atoms. The molecule has 0 bridgehead atoms. The SMILES string of the molecule is CC[C@@H]1OC(=O)[C@H](C)C(=O)[C@@H](C)[C@@H](O[C@@H]2O[C@H](C)C[C@H](N(C)C)[C@H]2O)[C@](C)(OC)C[C@@H](C)C(=O)[C@@H](C)[C@@H]2N(CCNS(=O)(=O)c3cccc([N+](=O)[O-])c3)C(=O)O[C@]12C. The van der Waals surface area contributed by atoms with Gasteiger partial charge in [-0.3, -0.25) is 29.4 Å². The normalized spacial score (nSPS) is 36.9. The van der Waals surface area contributed by atoms with Crippen molar-refractivity contribution in [2.45, 2.75) is 134 Å². The number of benzene rings is 1. The molecule has 1 amide bonds. The number of hydrogen-bond donors (Lipinski definition) is 2. The number of likely N-dealkylation sites (N-methyl/N-ethyl adjacent to an activating group) is 1. The minimum Gasteiger partial charge on any atom is -0.458 e. The summed E-state index contributed by atoms with van der Waals surface area (Å²) >= 11 is 0. The summed E-state index contributed by atoms with van der Waals surface area (Å²) in [6.07, 6.45) is -5.16. The molecule has 1 aromatic rings. The van der Waals surface area contributed by atoms with Crippen LogP contribution >= 0.6 is 0 Å². The van der Waals surface area contributed by atoms with Gasteiger partial charge < -0.3 is 33.7 Å². The van der Waals surface area contributed by atoms with Gasteiger partial charge >= 0.3 is 12.1 Å². The topological polar surface area (TPSA) is 230 Å². The van der Waals surface area contributed by atoms with Gasteiger partial charge in [-0.25, -0.2) is 17.9 Å². The smallest absolute Gasteiger partial charge is 0.410 e. The number of aliphatic hydroxyl groups excluding tert-OH is 1. The van der Waals surface area contributed by atoms with Crippen LogP contribution in [0.15, 0.2) is 29.2 Å². The second-order valence-corrected chi connectivity index (χ2v) is 18.3. The van der Waals surface area contributed by atoms with Crippen molar-refractivity contribution in [1.29, 1.82) is 0 Å². The summed E-state index contributed by atoms with van der Waals surface area (Å²) < 4.78 is 59.4. The first kappa shape index (κ1) is 47.1. The lowest BCUT2D eigenvalue weighted by Crippen LogP contribution is -2.60. The first-order valence-corrected chi connectivity index (χ1v) is 21.1. The molecule has 326 valence electrons. The summed E-state index contributed by atoms with van der Waals surface area (Å²) in [5.41, 5.74) is -3.45. The first-order chi connectivity index (χ1) is 26.9. The number of nitrogens with zero attached hydrogens (tertiary/aromatic N) is 3. The van der Waals surface area contributed by atoms with Crippen molar-refractivity contribution < 1.29 is 61.3 Å². The van der Waals surface area contributed by atoms with Crippen molar-refractivity contribution in [2.24, 2.45) is 23.7 Å². The van der Waals surface area contributed by atoms with Crippen LogP contribution in [0.4, 0.5) is 10.5 Å². The molecule has 3 aliphatic rings. The Morgan fingerprint density at radius 1 is 1.07 bits per heavy atom. The van der Waals surface area contributed by atoms with Crippen molar-refractivity contribution in [3.63, 3.8) is 0 Å². The average molecular weight is 841 g/mol. The Bertz CT molecular complexity index is 1810. The van der Waals surface area contributed by atoms with Crippen molar-refractivity contribution in [1.82, 2.24) is 14.5 Å². The van der Waals surface area contributed by atoms with E-state index in [9.17, 15) is 42.8 Å². The van der Waals surface area contributed by atoms with Gasteiger partial charge in [-0.05, 0) is 67.1 Å². The van der Waals surface area contributed by atoms with Crippen LogP contribution in [0.3, 0.4) is 0 Å². The number of nitro groups is 1. The van der Waals surface area contributed by atoms with Crippen LogP contribution in [-0.2, 0) is 48.1 Å². The zero-order chi connectivity index (χ0) is 43.7. The average Bonchev–Trinajstić information content (AvgIpc) is 3.43. The molecule has 0 radical (unpaired) electrons. The molecule has 3 heterocycles. The van der Waals surface area contributed by atoms with Crippen molar-refractivity contribution in [3.05, 3.63) is 34.4 Å². The highest BCUT2D eigenvalue weighted by molar-refractivity contribution is 7.89. The van der Waals surface area contributed by atoms with E-state index in [0.717, 1.165) is 12.1 Å². The van der Waals surface area contributed by atoms with E-state index < -0.39 is 104 Å². The Hall–Kier alpha value is -3.59. The fraction of sp³-hybridized carbons (Fsp3) is 0.744. The van der Waals surface area contributed by atoms with E-state index in [4.69, 9.17) is 23.7 Å². The summed E-state index contributed by atoms with van der Waals surface area (Å²) in [5, 5.41) is 22.7. The Balaban J connectivity index is 1.73. The lowest BCUT2D eigenvalue weighted by atomic mass is 9.73. The number of carbonyl (C=O) groups is 4. The van der Waals surface area contributed by atoms with Gasteiger partial charge in [0.1, 0.15) is 23.9 Å². The van der Waals surface area contributed by atoms with Crippen LogP contribution in [0.5, 0.6) is 0 Å². The second kappa shape index (κ2) is 18.4. The third-order valence-corrected chi connectivity index (χ3v) is 13.6. The molecule has 0 aliphatic carbocycles. The fourth-order valence-corrected chi connectivity index (χ4v) is 9.92. The van der Waals surface area contributed by atoms with Gasteiger partial charge in [0.15, 0.2) is 17.7 Å². The summed E-state index contributed by atoms with van der Waals surface area (Å²) in [4.78, 5) is 69.8. The number of nitrogens with one attached hydrogen (secondary N) is 1. The molecule has 13 atom stereocenters. The molecule has 18 nitrogen and oxygen atoms in total. The van der Waals surface area contributed by atoms with E-state index >= 15 is 0 Å². The predicted molar refractivity (Wildman–Crippen MR) is 208 cm³/mol. The van der Waals surface area contributed by atoms with Crippen molar-refractivity contribution in [2.75, 3.05) is 34.3 Å². The summed E-state index contributed by atoms with van der Waals surface area (Å²) in [6.45, 7) is 12.4. The quantitative estimate of drug-likeness (QED) is 0.141. The number of rotatable bonds is 11. The van der Waals surface area contributed by atoms with E-state index in [1.54, 1.807) is 41.5 Å². The van der Waals surface area contributed by atoms with Gasteiger partial charge in [-0.1, -0.05) is 33.8 Å². The largest absolute Gasteiger partial charge is 0.458 e. The van der Waals surface area contributed by atoms with E-state index in [1.807, 2.05) is 25.9 Å². The Labute approximate surface area is 340 Å². The number of nitro benzene ring substituents is 1. The van der Waals surface area contributed by atoms with Crippen LogP contribution in [0.2, 0.25) is 0 Å². The molecular weight excluding hydrogens is 781 g/mol. The number of cyclic esters (lactones) is 1. The minimum atomic E-state index is -4.28. The molecule has 1 aromatic carbocycles. The number of sulfonamides is 1. The number of non-ortho nitro benzene ring substituents is 1. The number of hydrogen-bond acceptors (Lipinski definition) is 15. The molecular formula is C39H60N4O14S. The van der Waals surface area contributed by atoms with Crippen LogP contribution in [0, 0.1) is 33.8 Å². The monoisotopic (exact) mass is 840 g/mol. The highest BCUT2D eigenvalue weighted by Gasteiger charge is 2.60. The van der Waals surface area contributed by atoms with Gasteiger partial charge in [0.2, 0.25) is 10.0 Å². The maximum Gasteiger partial charge on any atom is 0.410 e.